The molecule has 150 valence electrons. The number of carbonyl (C=O) groups is 1. The molecular formula is C23H24N2O3S. The maximum absolute atomic E-state index is 12.5. The molecule has 3 rings (SSSR count). The van der Waals surface area contributed by atoms with E-state index in [1.54, 1.807) is 18.0 Å². The van der Waals surface area contributed by atoms with Gasteiger partial charge < -0.3 is 14.7 Å². The van der Waals surface area contributed by atoms with E-state index in [0.717, 1.165) is 16.3 Å². The zero-order valence-electron chi connectivity index (χ0n) is 16.8. The standard InChI is InChI=1S/C23H24N2O3S/c1-25(2)18-11-9-17(10-12-18)7-6-14-23(27)21(26)19(22(23)28-3)13-16-29-20-8-4-5-15-24-20/h4-5,8-12,15,27H,7,13,16H2,1-3H3. The Labute approximate surface area is 175 Å². The number of pyridine rings is 1. The summed E-state index contributed by atoms with van der Waals surface area (Å²) in [5.41, 5.74) is 0.798. The first-order valence-corrected chi connectivity index (χ1v) is 10.3. The fraction of sp³-hybridized carbons (Fsp3) is 0.304. The predicted octanol–water partition coefficient (Wildman–Crippen LogP) is 3.09. The Bertz CT molecular complexity index is 959. The first kappa shape index (κ1) is 21.0. The quantitative estimate of drug-likeness (QED) is 0.561. The van der Waals surface area contributed by atoms with Crippen LogP contribution < -0.4 is 4.90 Å². The molecule has 1 heterocycles. The molecular weight excluding hydrogens is 384 g/mol. The monoisotopic (exact) mass is 408 g/mol. The van der Waals surface area contributed by atoms with Crippen LogP contribution in [0.3, 0.4) is 0 Å². The van der Waals surface area contributed by atoms with E-state index in [-0.39, 0.29) is 11.5 Å². The molecule has 0 radical (unpaired) electrons. The molecule has 0 fully saturated rings. The molecule has 29 heavy (non-hydrogen) atoms. The summed E-state index contributed by atoms with van der Waals surface area (Å²) in [6, 6.07) is 13.7. The van der Waals surface area contributed by atoms with Gasteiger partial charge in [0.05, 0.1) is 12.1 Å². The highest BCUT2D eigenvalue weighted by molar-refractivity contribution is 7.99. The van der Waals surface area contributed by atoms with Crippen LogP contribution in [0.2, 0.25) is 0 Å². The predicted molar refractivity (Wildman–Crippen MR) is 116 cm³/mol. The lowest BCUT2D eigenvalue weighted by molar-refractivity contribution is -0.133. The van der Waals surface area contributed by atoms with E-state index in [9.17, 15) is 9.90 Å². The van der Waals surface area contributed by atoms with Gasteiger partial charge in [0, 0.05) is 43.7 Å². The molecule has 0 bridgehead atoms. The fourth-order valence-electron chi connectivity index (χ4n) is 3.07. The van der Waals surface area contributed by atoms with Crippen LogP contribution in [0.1, 0.15) is 12.0 Å². The lowest BCUT2D eigenvalue weighted by Crippen LogP contribution is -2.50. The van der Waals surface area contributed by atoms with Crippen LogP contribution in [0, 0.1) is 11.8 Å². The number of ether oxygens (including phenoxy) is 1. The summed E-state index contributed by atoms with van der Waals surface area (Å²) in [7, 11) is 5.43. The first-order valence-electron chi connectivity index (χ1n) is 9.30. The molecule has 1 N–H and O–H groups in total. The summed E-state index contributed by atoms with van der Waals surface area (Å²) in [6.45, 7) is 0. The SMILES string of the molecule is COC1=C(CCSc2ccccn2)C(=O)C1(O)C#CCc1ccc(N(C)C)cc1. The Hall–Kier alpha value is -2.75. The average Bonchev–Trinajstić information content (AvgIpc) is 2.74. The summed E-state index contributed by atoms with van der Waals surface area (Å²) >= 11 is 1.56. The number of methoxy groups -OCH3 is 1. The number of aliphatic hydroxyl groups is 1. The zero-order valence-corrected chi connectivity index (χ0v) is 17.6. The zero-order chi connectivity index (χ0) is 20.9. The van der Waals surface area contributed by atoms with Crippen LogP contribution in [0.15, 0.2) is 65.0 Å². The molecule has 1 atom stereocenters. The number of benzene rings is 1. The number of Topliss-reactive ketones (excluding diaryl/α,β-unsaturated/α-hetero) is 1. The van der Waals surface area contributed by atoms with Crippen LogP contribution in [0.4, 0.5) is 5.69 Å². The molecule has 1 unspecified atom stereocenters. The third-order valence-electron chi connectivity index (χ3n) is 4.66. The van der Waals surface area contributed by atoms with Crippen molar-refractivity contribution in [2.45, 2.75) is 23.5 Å². The topological polar surface area (TPSA) is 62.7 Å². The average molecular weight is 409 g/mol. The van der Waals surface area contributed by atoms with Crippen molar-refractivity contribution in [2.75, 3.05) is 31.9 Å². The normalized spacial score (nSPS) is 18.0. The number of nitrogens with zero attached hydrogens (tertiary/aromatic N) is 2. The Kier molecular flexibility index (Phi) is 6.63. The number of rotatable bonds is 7. The molecule has 0 saturated carbocycles. The van der Waals surface area contributed by atoms with Gasteiger partial charge in [-0.2, -0.15) is 0 Å². The van der Waals surface area contributed by atoms with Gasteiger partial charge in [-0.1, -0.05) is 30.0 Å². The number of carbonyl (C=O) groups excluding carboxylic acids is 1. The second-order valence-electron chi connectivity index (χ2n) is 6.86. The summed E-state index contributed by atoms with van der Waals surface area (Å²) in [4.78, 5) is 18.8. The highest BCUT2D eigenvalue weighted by atomic mass is 32.2. The van der Waals surface area contributed by atoms with Gasteiger partial charge in [0.2, 0.25) is 11.4 Å². The third kappa shape index (κ3) is 4.64. The second-order valence-corrected chi connectivity index (χ2v) is 7.97. The van der Waals surface area contributed by atoms with Crippen molar-refractivity contribution in [2.24, 2.45) is 0 Å². The van der Waals surface area contributed by atoms with E-state index in [0.29, 0.717) is 24.2 Å². The minimum Gasteiger partial charge on any atom is -0.496 e. The Morgan fingerprint density at radius 3 is 2.59 bits per heavy atom. The highest BCUT2D eigenvalue weighted by Crippen LogP contribution is 2.38. The smallest absolute Gasteiger partial charge is 0.247 e. The summed E-state index contributed by atoms with van der Waals surface area (Å²) in [5.74, 6) is 6.21. The molecule has 0 saturated heterocycles. The van der Waals surface area contributed by atoms with Gasteiger partial charge in [0.25, 0.3) is 0 Å². The Morgan fingerprint density at radius 1 is 1.21 bits per heavy atom. The molecule has 1 aliphatic rings. The van der Waals surface area contributed by atoms with E-state index in [1.165, 1.54) is 7.11 Å². The van der Waals surface area contributed by atoms with Gasteiger partial charge in [-0.05, 0) is 36.2 Å². The van der Waals surface area contributed by atoms with Crippen molar-refractivity contribution in [3.05, 3.63) is 65.6 Å². The molecule has 2 aromatic rings. The second kappa shape index (κ2) is 9.17. The Balaban J connectivity index is 1.63. The van der Waals surface area contributed by atoms with Crippen molar-refractivity contribution >= 4 is 23.2 Å². The van der Waals surface area contributed by atoms with Gasteiger partial charge in [-0.15, -0.1) is 11.8 Å². The first-order chi connectivity index (χ1) is 14.0. The molecule has 5 nitrogen and oxygen atoms in total. The van der Waals surface area contributed by atoms with Gasteiger partial charge >= 0.3 is 0 Å². The third-order valence-corrected chi connectivity index (χ3v) is 5.61. The maximum Gasteiger partial charge on any atom is 0.247 e. The van der Waals surface area contributed by atoms with Gasteiger partial charge in [0.15, 0.2) is 5.76 Å². The van der Waals surface area contributed by atoms with E-state index >= 15 is 0 Å². The lowest BCUT2D eigenvalue weighted by atomic mass is 9.77. The minimum atomic E-state index is -1.83. The molecule has 0 spiro atoms. The van der Waals surface area contributed by atoms with Crippen LogP contribution in [-0.4, -0.2) is 48.4 Å². The summed E-state index contributed by atoms with van der Waals surface area (Å²) in [6.07, 6.45) is 2.68. The number of hydrogen-bond acceptors (Lipinski definition) is 6. The van der Waals surface area contributed by atoms with Crippen LogP contribution >= 0.6 is 11.8 Å². The Morgan fingerprint density at radius 2 is 1.97 bits per heavy atom. The molecule has 0 amide bonds. The number of thioether (sulfide) groups is 1. The van der Waals surface area contributed by atoms with Crippen LogP contribution in [0.25, 0.3) is 0 Å². The molecule has 6 heteroatoms. The van der Waals surface area contributed by atoms with Gasteiger partial charge in [-0.3, -0.25) is 4.79 Å². The molecule has 1 aromatic heterocycles. The van der Waals surface area contributed by atoms with Crippen molar-refractivity contribution in [1.29, 1.82) is 0 Å². The minimum absolute atomic E-state index is 0.263. The van der Waals surface area contributed by atoms with Gasteiger partial charge in [0.1, 0.15) is 0 Å². The van der Waals surface area contributed by atoms with E-state index in [4.69, 9.17) is 4.74 Å². The number of aromatic nitrogens is 1. The highest BCUT2D eigenvalue weighted by Gasteiger charge is 2.53. The maximum atomic E-state index is 12.5. The van der Waals surface area contributed by atoms with Crippen LogP contribution in [-0.2, 0) is 16.0 Å². The van der Waals surface area contributed by atoms with Crippen LogP contribution in [0.5, 0.6) is 0 Å². The largest absolute Gasteiger partial charge is 0.496 e. The van der Waals surface area contributed by atoms with Crippen molar-refractivity contribution in [3.63, 3.8) is 0 Å². The van der Waals surface area contributed by atoms with Gasteiger partial charge in [-0.25, -0.2) is 4.98 Å². The number of ketones is 1. The number of anilines is 1. The lowest BCUT2D eigenvalue weighted by Gasteiger charge is -2.34. The summed E-state index contributed by atoms with van der Waals surface area (Å²) in [5, 5.41) is 11.6. The molecule has 1 aromatic carbocycles. The van der Waals surface area contributed by atoms with E-state index in [1.807, 2.05) is 61.5 Å². The molecule has 0 aliphatic heterocycles. The fourth-order valence-corrected chi connectivity index (χ4v) is 3.89. The van der Waals surface area contributed by atoms with Crippen molar-refractivity contribution in [3.8, 4) is 11.8 Å². The molecule has 1 aliphatic carbocycles. The van der Waals surface area contributed by atoms with E-state index in [2.05, 4.69) is 16.8 Å². The van der Waals surface area contributed by atoms with E-state index < -0.39 is 5.60 Å². The van der Waals surface area contributed by atoms with Crippen molar-refractivity contribution < 1.29 is 14.6 Å². The number of hydrogen-bond donors (Lipinski definition) is 1. The summed E-state index contributed by atoms with van der Waals surface area (Å²) < 4.78 is 5.31. The van der Waals surface area contributed by atoms with Crippen molar-refractivity contribution in [1.82, 2.24) is 4.98 Å².